The Bertz CT molecular complexity index is 66.0. The lowest BCUT2D eigenvalue weighted by Gasteiger charge is -2.05. The van der Waals surface area contributed by atoms with E-state index in [-0.39, 0.29) is 0 Å². The van der Waals surface area contributed by atoms with Gasteiger partial charge in [0, 0.05) is 0 Å². The van der Waals surface area contributed by atoms with Crippen LogP contribution in [0, 0.1) is 0 Å². The van der Waals surface area contributed by atoms with Gasteiger partial charge in [-0.3, -0.25) is 0 Å². The highest BCUT2D eigenvalue weighted by molar-refractivity contribution is 7.57. The Morgan fingerprint density at radius 2 is 2.57 bits per heavy atom. The largest absolute Gasteiger partial charge is 0.664 e. The third-order valence-corrected chi connectivity index (χ3v) is 0.525. The fourth-order valence-electron chi connectivity index (χ4n) is 0.161. The molecule has 42 valence electrons. The van der Waals surface area contributed by atoms with Gasteiger partial charge in [0.2, 0.25) is 0 Å². The Hall–Kier alpha value is -0.380. The third kappa shape index (κ3) is 3.45. The summed E-state index contributed by atoms with van der Waals surface area (Å²) < 4.78 is 6.22. The zero-order valence-electron chi connectivity index (χ0n) is 3.93. The molecule has 0 fully saturated rings. The Morgan fingerprint density at radius 3 is 2.71 bits per heavy atom. The van der Waals surface area contributed by atoms with E-state index in [2.05, 4.69) is 17.6 Å². The molecule has 0 bridgehead atoms. The first-order valence-corrected chi connectivity index (χ1v) is 2.27. The van der Waals surface area contributed by atoms with Crippen molar-refractivity contribution < 1.29 is 9.53 Å². The first-order chi connectivity index (χ1) is 3.31. The molecule has 0 atom stereocenters. The molecule has 1 amide bonds. The van der Waals surface area contributed by atoms with Crippen LogP contribution in [0.4, 0.5) is 4.79 Å². The zero-order valence-corrected chi connectivity index (χ0v) is 4.75. The number of nitrogens with one attached hydrogen (secondary N) is 1. The molecule has 0 saturated carbocycles. The SMILES string of the molecule is CCOC(=O)N[S-]. The number of amides is 1. The second kappa shape index (κ2) is 3.80. The Balaban J connectivity index is 3.00. The fraction of sp³-hybridized carbons (Fsp3) is 0.667. The average molecular weight is 120 g/mol. The van der Waals surface area contributed by atoms with Crippen molar-refractivity contribution in [1.82, 2.24) is 4.72 Å². The first-order valence-electron chi connectivity index (χ1n) is 1.86. The van der Waals surface area contributed by atoms with Gasteiger partial charge in [-0.05, 0) is 6.92 Å². The Kier molecular flexibility index (Phi) is 3.59. The van der Waals surface area contributed by atoms with E-state index in [9.17, 15) is 4.79 Å². The number of hydrogen-bond acceptors (Lipinski definition) is 3. The normalized spacial score (nSPS) is 7.71. The summed E-state index contributed by atoms with van der Waals surface area (Å²) in [5.74, 6) is 0. The number of hydrogen-bond donors (Lipinski definition) is 1. The second-order valence-corrected chi connectivity index (χ2v) is 1.03. The highest BCUT2D eigenvalue weighted by Crippen LogP contribution is 1.71. The van der Waals surface area contributed by atoms with Crippen LogP contribution in [0.25, 0.3) is 0 Å². The molecule has 0 radical (unpaired) electrons. The molecule has 0 aliphatic carbocycles. The number of carbonyl (C=O) groups is 1. The Morgan fingerprint density at radius 1 is 2.00 bits per heavy atom. The number of carbonyl (C=O) groups excluding carboxylic acids is 1. The molecule has 0 saturated heterocycles. The molecule has 0 unspecified atom stereocenters. The maximum atomic E-state index is 9.97. The van der Waals surface area contributed by atoms with Gasteiger partial charge in [-0.2, -0.15) is 0 Å². The van der Waals surface area contributed by atoms with Gasteiger partial charge in [0.25, 0.3) is 0 Å². The van der Waals surface area contributed by atoms with Gasteiger partial charge >= 0.3 is 6.09 Å². The summed E-state index contributed by atoms with van der Waals surface area (Å²) in [4.78, 5) is 9.97. The minimum Gasteiger partial charge on any atom is -0.664 e. The summed E-state index contributed by atoms with van der Waals surface area (Å²) in [6, 6.07) is 0. The van der Waals surface area contributed by atoms with E-state index >= 15 is 0 Å². The van der Waals surface area contributed by atoms with Gasteiger partial charge in [0.05, 0.1) is 6.61 Å². The number of ether oxygens (including phenoxy) is 1. The molecule has 7 heavy (non-hydrogen) atoms. The molecule has 0 aliphatic rings. The van der Waals surface area contributed by atoms with Crippen molar-refractivity contribution in [2.45, 2.75) is 6.92 Å². The summed E-state index contributed by atoms with van der Waals surface area (Å²) in [6.07, 6.45) is -0.558. The molecule has 0 spiro atoms. The molecular weight excluding hydrogens is 114 g/mol. The van der Waals surface area contributed by atoms with Crippen LogP contribution in [0.2, 0.25) is 0 Å². The van der Waals surface area contributed by atoms with E-state index in [4.69, 9.17) is 0 Å². The van der Waals surface area contributed by atoms with Crippen molar-refractivity contribution >= 4 is 18.9 Å². The van der Waals surface area contributed by atoms with Gasteiger partial charge < -0.3 is 22.3 Å². The van der Waals surface area contributed by atoms with Gasteiger partial charge in [0.1, 0.15) is 0 Å². The molecular formula is C3H6NO2S-. The molecule has 4 heteroatoms. The lowest BCUT2D eigenvalue weighted by molar-refractivity contribution is 0.159. The van der Waals surface area contributed by atoms with Gasteiger partial charge in [-0.1, -0.05) is 0 Å². The minimum atomic E-state index is -0.558. The van der Waals surface area contributed by atoms with Crippen molar-refractivity contribution in [2.24, 2.45) is 0 Å². The van der Waals surface area contributed by atoms with E-state index in [0.717, 1.165) is 0 Å². The monoisotopic (exact) mass is 120 g/mol. The lowest BCUT2D eigenvalue weighted by Crippen LogP contribution is -2.16. The van der Waals surface area contributed by atoms with Crippen molar-refractivity contribution in [1.29, 1.82) is 0 Å². The lowest BCUT2D eigenvalue weighted by atomic mass is 10.9. The highest BCUT2D eigenvalue weighted by Gasteiger charge is 1.84. The van der Waals surface area contributed by atoms with Crippen molar-refractivity contribution in [3.05, 3.63) is 0 Å². The summed E-state index contributed by atoms with van der Waals surface area (Å²) in [6.45, 7) is 2.08. The summed E-state index contributed by atoms with van der Waals surface area (Å²) >= 11 is 4.12. The smallest absolute Gasteiger partial charge is 0.384 e. The second-order valence-electron chi connectivity index (χ2n) is 0.823. The van der Waals surface area contributed by atoms with Crippen LogP contribution in [0.1, 0.15) is 6.92 Å². The maximum absolute atomic E-state index is 9.97. The van der Waals surface area contributed by atoms with Crippen LogP contribution in [0.3, 0.4) is 0 Å². The van der Waals surface area contributed by atoms with Crippen LogP contribution in [-0.4, -0.2) is 12.7 Å². The number of rotatable bonds is 1. The van der Waals surface area contributed by atoms with Crippen molar-refractivity contribution in [3.63, 3.8) is 0 Å². The van der Waals surface area contributed by atoms with Gasteiger partial charge in [0.15, 0.2) is 0 Å². The van der Waals surface area contributed by atoms with Crippen LogP contribution in [-0.2, 0) is 17.6 Å². The average Bonchev–Trinajstić information content (AvgIpc) is 1.68. The molecule has 0 heterocycles. The first kappa shape index (κ1) is 6.62. The molecule has 0 rings (SSSR count). The fourth-order valence-corrected chi connectivity index (χ4v) is 0.219. The van der Waals surface area contributed by atoms with E-state index < -0.39 is 6.09 Å². The van der Waals surface area contributed by atoms with E-state index in [1.807, 2.05) is 4.72 Å². The topological polar surface area (TPSA) is 38.3 Å². The zero-order chi connectivity index (χ0) is 5.70. The molecule has 3 nitrogen and oxygen atoms in total. The van der Waals surface area contributed by atoms with Crippen molar-refractivity contribution in [3.8, 4) is 0 Å². The standard InChI is InChI=1S/C3H6NO2S/c1-2-6-3(5)4-7/h2H2,1H3,(H-,4,5,7)/q-1. The summed E-state index contributed by atoms with van der Waals surface area (Å²) in [5.41, 5.74) is 0. The molecule has 0 aliphatic heterocycles. The van der Waals surface area contributed by atoms with E-state index in [1.54, 1.807) is 6.92 Å². The third-order valence-electron chi connectivity index (χ3n) is 0.359. The molecule has 0 aromatic rings. The molecule has 0 aromatic carbocycles. The predicted octanol–water partition coefficient (Wildman–Crippen LogP) is 0.194. The Labute approximate surface area is 47.6 Å². The van der Waals surface area contributed by atoms with Gasteiger partial charge in [-0.15, -0.1) is 0 Å². The van der Waals surface area contributed by atoms with E-state index in [0.29, 0.717) is 6.61 Å². The summed E-state index contributed by atoms with van der Waals surface area (Å²) in [7, 11) is 0. The summed E-state index contributed by atoms with van der Waals surface area (Å²) in [5, 5.41) is 0. The van der Waals surface area contributed by atoms with E-state index in [1.165, 1.54) is 0 Å². The van der Waals surface area contributed by atoms with Crippen LogP contribution in [0.15, 0.2) is 0 Å². The van der Waals surface area contributed by atoms with Crippen LogP contribution < -0.4 is 4.72 Å². The molecule has 1 N–H and O–H groups in total. The maximum Gasteiger partial charge on any atom is 0.384 e. The predicted molar refractivity (Wildman–Crippen MR) is 27.5 cm³/mol. The van der Waals surface area contributed by atoms with Gasteiger partial charge in [-0.25, -0.2) is 4.79 Å². The quantitative estimate of drug-likeness (QED) is 0.502. The highest BCUT2D eigenvalue weighted by atomic mass is 32.1. The minimum absolute atomic E-state index is 0.364. The van der Waals surface area contributed by atoms with Crippen LogP contribution in [0.5, 0.6) is 0 Å². The molecule has 0 aromatic heterocycles. The van der Waals surface area contributed by atoms with Crippen molar-refractivity contribution in [2.75, 3.05) is 6.61 Å². The van der Waals surface area contributed by atoms with Crippen LogP contribution >= 0.6 is 0 Å².